The SMILES string of the molecule is C=CCn1c(=NC(=O)c2cc(C)nn2C(C)C)sc2cc(C(=O)OC)ccc21. The molecule has 0 radical (unpaired) electrons. The average molecular weight is 398 g/mol. The Morgan fingerprint density at radius 2 is 2.11 bits per heavy atom. The highest BCUT2D eigenvalue weighted by Gasteiger charge is 2.17. The standard InChI is InChI=1S/C20H22N4O3S/c1-6-9-23-15-8-7-14(19(26)27-5)11-17(15)28-20(23)21-18(25)16-10-13(4)22-24(16)12(2)3/h6-8,10-12H,1,9H2,2-5H3. The van der Waals surface area contributed by atoms with E-state index in [0.717, 1.165) is 15.9 Å². The third kappa shape index (κ3) is 3.68. The van der Waals surface area contributed by atoms with Crippen molar-refractivity contribution in [2.24, 2.45) is 4.99 Å². The van der Waals surface area contributed by atoms with Crippen molar-refractivity contribution in [1.82, 2.24) is 14.3 Å². The van der Waals surface area contributed by atoms with Crippen LogP contribution in [0.25, 0.3) is 10.2 Å². The fraction of sp³-hybridized carbons (Fsp3) is 0.300. The van der Waals surface area contributed by atoms with E-state index in [2.05, 4.69) is 16.7 Å². The Balaban J connectivity index is 2.15. The number of carbonyl (C=O) groups is 2. The maximum absolute atomic E-state index is 12.9. The van der Waals surface area contributed by atoms with E-state index in [-0.39, 0.29) is 11.9 Å². The molecule has 3 rings (SSSR count). The lowest BCUT2D eigenvalue weighted by atomic mass is 10.2. The first kappa shape index (κ1) is 19.8. The monoisotopic (exact) mass is 398 g/mol. The van der Waals surface area contributed by atoms with Crippen LogP contribution in [0.2, 0.25) is 0 Å². The van der Waals surface area contributed by atoms with E-state index in [1.165, 1.54) is 18.4 Å². The lowest BCUT2D eigenvalue weighted by Crippen LogP contribution is -2.18. The highest BCUT2D eigenvalue weighted by atomic mass is 32.1. The van der Waals surface area contributed by atoms with E-state index in [0.29, 0.717) is 22.6 Å². The molecule has 28 heavy (non-hydrogen) atoms. The fourth-order valence-corrected chi connectivity index (χ4v) is 4.00. The summed E-state index contributed by atoms with van der Waals surface area (Å²) in [4.78, 5) is 29.6. The number of allylic oxidation sites excluding steroid dienone is 1. The summed E-state index contributed by atoms with van der Waals surface area (Å²) in [5.41, 5.74) is 2.54. The van der Waals surface area contributed by atoms with Crippen LogP contribution in [0, 0.1) is 6.92 Å². The van der Waals surface area contributed by atoms with Crippen molar-refractivity contribution in [3.05, 3.63) is 58.7 Å². The summed E-state index contributed by atoms with van der Waals surface area (Å²) in [6.07, 6.45) is 1.74. The van der Waals surface area contributed by atoms with Crippen molar-refractivity contribution in [2.45, 2.75) is 33.4 Å². The zero-order valence-electron chi connectivity index (χ0n) is 16.3. The molecule has 2 heterocycles. The van der Waals surface area contributed by atoms with Crippen LogP contribution in [0.15, 0.2) is 41.9 Å². The van der Waals surface area contributed by atoms with Gasteiger partial charge in [0, 0.05) is 12.6 Å². The lowest BCUT2D eigenvalue weighted by molar-refractivity contribution is 0.0601. The minimum absolute atomic E-state index is 0.0492. The summed E-state index contributed by atoms with van der Waals surface area (Å²) in [6.45, 7) is 10.1. The first-order chi connectivity index (χ1) is 13.3. The van der Waals surface area contributed by atoms with Gasteiger partial charge in [0.2, 0.25) is 0 Å². The van der Waals surface area contributed by atoms with E-state index in [1.54, 1.807) is 29.0 Å². The predicted molar refractivity (Wildman–Crippen MR) is 109 cm³/mol. The second-order valence-corrected chi connectivity index (χ2v) is 7.59. The Bertz CT molecular complexity index is 1130. The van der Waals surface area contributed by atoms with E-state index in [4.69, 9.17) is 4.74 Å². The molecule has 0 fully saturated rings. The summed E-state index contributed by atoms with van der Waals surface area (Å²) in [6, 6.07) is 7.06. The average Bonchev–Trinajstić information content (AvgIpc) is 3.22. The minimum Gasteiger partial charge on any atom is -0.465 e. The number of hydrogen-bond donors (Lipinski definition) is 0. The van der Waals surface area contributed by atoms with Gasteiger partial charge in [0.25, 0.3) is 5.91 Å². The summed E-state index contributed by atoms with van der Waals surface area (Å²) in [7, 11) is 1.35. The zero-order valence-corrected chi connectivity index (χ0v) is 17.1. The third-order valence-electron chi connectivity index (χ3n) is 4.18. The summed E-state index contributed by atoms with van der Waals surface area (Å²) in [5.74, 6) is -0.761. The number of esters is 1. The highest BCUT2D eigenvalue weighted by Crippen LogP contribution is 2.20. The number of thiazole rings is 1. The van der Waals surface area contributed by atoms with Crippen LogP contribution in [0.3, 0.4) is 0 Å². The lowest BCUT2D eigenvalue weighted by Gasteiger charge is -2.08. The Kier molecular flexibility index (Phi) is 5.60. The van der Waals surface area contributed by atoms with E-state index < -0.39 is 5.97 Å². The van der Waals surface area contributed by atoms with Gasteiger partial charge in [-0.05, 0) is 45.0 Å². The van der Waals surface area contributed by atoms with Crippen molar-refractivity contribution < 1.29 is 14.3 Å². The molecule has 0 saturated carbocycles. The van der Waals surface area contributed by atoms with Gasteiger partial charge >= 0.3 is 5.97 Å². The molecular weight excluding hydrogens is 376 g/mol. The molecule has 0 atom stereocenters. The molecule has 146 valence electrons. The molecule has 1 amide bonds. The molecule has 2 aromatic heterocycles. The van der Waals surface area contributed by atoms with Crippen LogP contribution in [0.1, 0.15) is 46.4 Å². The molecule has 7 nitrogen and oxygen atoms in total. The number of nitrogens with zero attached hydrogens (tertiary/aromatic N) is 4. The van der Waals surface area contributed by atoms with Gasteiger partial charge in [-0.2, -0.15) is 10.1 Å². The van der Waals surface area contributed by atoms with E-state index in [1.807, 2.05) is 31.4 Å². The first-order valence-corrected chi connectivity index (χ1v) is 9.65. The molecule has 0 aliphatic carbocycles. The molecule has 8 heteroatoms. The van der Waals surface area contributed by atoms with Crippen LogP contribution < -0.4 is 4.80 Å². The van der Waals surface area contributed by atoms with E-state index >= 15 is 0 Å². The van der Waals surface area contributed by atoms with Gasteiger partial charge in [-0.3, -0.25) is 9.48 Å². The Labute approximate surface area is 166 Å². The molecule has 0 unspecified atom stereocenters. The smallest absolute Gasteiger partial charge is 0.337 e. The number of hydrogen-bond acceptors (Lipinski definition) is 5. The molecule has 0 aliphatic heterocycles. The number of fused-ring (bicyclic) bond motifs is 1. The maximum atomic E-state index is 12.9. The van der Waals surface area contributed by atoms with Crippen LogP contribution in [-0.2, 0) is 11.3 Å². The Morgan fingerprint density at radius 3 is 2.75 bits per heavy atom. The van der Waals surface area contributed by atoms with Crippen LogP contribution in [0.5, 0.6) is 0 Å². The van der Waals surface area contributed by atoms with E-state index in [9.17, 15) is 9.59 Å². The second kappa shape index (κ2) is 7.93. The molecule has 1 aromatic carbocycles. The van der Waals surface area contributed by atoms with Gasteiger partial charge in [0.1, 0.15) is 5.69 Å². The fourth-order valence-electron chi connectivity index (χ4n) is 2.92. The molecule has 3 aromatic rings. The summed E-state index contributed by atoms with van der Waals surface area (Å²) in [5, 5.41) is 4.38. The van der Waals surface area contributed by atoms with Gasteiger partial charge in [-0.15, -0.1) is 6.58 Å². The van der Waals surface area contributed by atoms with Gasteiger partial charge in [0.15, 0.2) is 4.80 Å². The van der Waals surface area contributed by atoms with Gasteiger partial charge in [-0.25, -0.2) is 4.79 Å². The molecule has 0 saturated heterocycles. The van der Waals surface area contributed by atoms with Crippen LogP contribution in [-0.4, -0.2) is 33.3 Å². The number of carbonyl (C=O) groups excluding carboxylic acids is 2. The summed E-state index contributed by atoms with van der Waals surface area (Å²) >= 11 is 1.34. The number of rotatable bonds is 5. The molecule has 0 N–H and O–H groups in total. The topological polar surface area (TPSA) is 78.5 Å². The number of amides is 1. The van der Waals surface area contributed by atoms with Gasteiger partial charge in [-0.1, -0.05) is 17.4 Å². The molecular formula is C20H22N4O3S. The first-order valence-electron chi connectivity index (χ1n) is 8.83. The van der Waals surface area contributed by atoms with Crippen molar-refractivity contribution in [3.63, 3.8) is 0 Å². The predicted octanol–water partition coefficient (Wildman–Crippen LogP) is 3.50. The van der Waals surface area contributed by atoms with Crippen molar-refractivity contribution >= 4 is 33.4 Å². The van der Waals surface area contributed by atoms with Crippen molar-refractivity contribution in [1.29, 1.82) is 0 Å². The Morgan fingerprint density at radius 1 is 1.36 bits per heavy atom. The number of aromatic nitrogens is 3. The normalized spacial score (nSPS) is 12.0. The van der Waals surface area contributed by atoms with Gasteiger partial charge < -0.3 is 9.30 Å². The molecule has 0 bridgehead atoms. The Hall–Kier alpha value is -3.00. The number of aryl methyl sites for hydroxylation is 1. The van der Waals surface area contributed by atoms with Crippen molar-refractivity contribution in [3.8, 4) is 0 Å². The molecule has 0 spiro atoms. The number of methoxy groups -OCH3 is 1. The number of benzene rings is 1. The van der Waals surface area contributed by atoms with Crippen LogP contribution in [0.4, 0.5) is 0 Å². The van der Waals surface area contributed by atoms with Crippen LogP contribution >= 0.6 is 11.3 Å². The van der Waals surface area contributed by atoms with Gasteiger partial charge in [0.05, 0.1) is 28.6 Å². The maximum Gasteiger partial charge on any atom is 0.337 e. The second-order valence-electron chi connectivity index (χ2n) is 6.58. The van der Waals surface area contributed by atoms with Crippen molar-refractivity contribution in [2.75, 3.05) is 7.11 Å². The quantitative estimate of drug-likeness (QED) is 0.487. The largest absolute Gasteiger partial charge is 0.465 e. The summed E-state index contributed by atoms with van der Waals surface area (Å²) < 4.78 is 9.20. The number of ether oxygens (including phenoxy) is 1. The third-order valence-corrected chi connectivity index (χ3v) is 5.22. The minimum atomic E-state index is -0.406. The highest BCUT2D eigenvalue weighted by molar-refractivity contribution is 7.16. The zero-order chi connectivity index (χ0) is 20.4. The molecule has 0 aliphatic rings.